The summed E-state index contributed by atoms with van der Waals surface area (Å²) in [5, 5.41) is 2.75. The van der Waals surface area contributed by atoms with Crippen molar-refractivity contribution in [2.45, 2.75) is 28.1 Å². The van der Waals surface area contributed by atoms with Gasteiger partial charge in [-0.15, -0.1) is 11.8 Å². The van der Waals surface area contributed by atoms with Crippen LogP contribution in [0.3, 0.4) is 0 Å². The standard InChI is InChI=1S/C22H18ClF3N2O3S2/c1-14(32-20-8-3-2-7-19(20)23)21(29)27-16-9-11-18(12-10-16)33(30,31)28-17-6-4-5-15(13-17)22(24,25)26/h2-14,28H,1H3,(H,27,29)/t14-/m0/s1. The number of anilines is 2. The maximum atomic E-state index is 12.9. The van der Waals surface area contributed by atoms with E-state index in [9.17, 15) is 26.4 Å². The van der Waals surface area contributed by atoms with Gasteiger partial charge in [0.25, 0.3) is 10.0 Å². The minimum absolute atomic E-state index is 0.170. The van der Waals surface area contributed by atoms with Gasteiger partial charge in [-0.1, -0.05) is 29.8 Å². The molecule has 0 radical (unpaired) electrons. The lowest BCUT2D eigenvalue weighted by atomic mass is 10.2. The van der Waals surface area contributed by atoms with Crippen molar-refractivity contribution in [3.8, 4) is 0 Å². The molecule has 0 spiro atoms. The van der Waals surface area contributed by atoms with Crippen molar-refractivity contribution in [2.24, 2.45) is 0 Å². The second kappa shape index (κ2) is 10.1. The minimum atomic E-state index is -4.59. The molecule has 3 aromatic carbocycles. The van der Waals surface area contributed by atoms with Gasteiger partial charge in [-0.3, -0.25) is 9.52 Å². The third kappa shape index (κ3) is 6.66. The van der Waals surface area contributed by atoms with Crippen LogP contribution in [0.5, 0.6) is 0 Å². The molecule has 1 atom stereocenters. The lowest BCUT2D eigenvalue weighted by Crippen LogP contribution is -2.22. The Hall–Kier alpha value is -2.69. The first-order chi connectivity index (χ1) is 15.5. The number of carbonyl (C=O) groups excluding carboxylic acids is 1. The molecule has 0 aromatic heterocycles. The highest BCUT2D eigenvalue weighted by Gasteiger charge is 2.30. The predicted molar refractivity (Wildman–Crippen MR) is 124 cm³/mol. The molecule has 1 amide bonds. The van der Waals surface area contributed by atoms with Crippen molar-refractivity contribution in [3.05, 3.63) is 83.4 Å². The van der Waals surface area contributed by atoms with Crippen molar-refractivity contribution in [1.29, 1.82) is 0 Å². The van der Waals surface area contributed by atoms with Gasteiger partial charge in [0.05, 0.1) is 20.7 Å². The SMILES string of the molecule is C[C@H](Sc1ccccc1Cl)C(=O)Nc1ccc(S(=O)(=O)Nc2cccc(C(F)(F)F)c2)cc1. The first kappa shape index (κ1) is 24.9. The Labute approximate surface area is 198 Å². The molecular formula is C22H18ClF3N2O3S2. The van der Waals surface area contributed by atoms with E-state index in [-0.39, 0.29) is 16.5 Å². The smallest absolute Gasteiger partial charge is 0.325 e. The van der Waals surface area contributed by atoms with Crippen LogP contribution in [0.4, 0.5) is 24.5 Å². The second-order valence-electron chi connectivity index (χ2n) is 6.89. The van der Waals surface area contributed by atoms with E-state index in [0.717, 1.165) is 17.0 Å². The summed E-state index contributed by atoms with van der Waals surface area (Å²) in [6.45, 7) is 1.71. The van der Waals surface area contributed by atoms with Gasteiger partial charge in [-0.2, -0.15) is 13.2 Å². The molecule has 0 aliphatic heterocycles. The van der Waals surface area contributed by atoms with Crippen LogP contribution >= 0.6 is 23.4 Å². The molecule has 5 nitrogen and oxygen atoms in total. The number of hydrogen-bond acceptors (Lipinski definition) is 4. The first-order valence-electron chi connectivity index (χ1n) is 9.48. The van der Waals surface area contributed by atoms with E-state index in [4.69, 9.17) is 11.6 Å². The lowest BCUT2D eigenvalue weighted by molar-refractivity contribution is -0.137. The first-order valence-corrected chi connectivity index (χ1v) is 12.2. The predicted octanol–water partition coefficient (Wildman–Crippen LogP) is 6.28. The fraction of sp³-hybridized carbons (Fsp3) is 0.136. The summed E-state index contributed by atoms with van der Waals surface area (Å²) in [4.78, 5) is 13.1. The maximum Gasteiger partial charge on any atom is 0.416 e. The molecule has 11 heteroatoms. The Morgan fingerprint density at radius 2 is 1.64 bits per heavy atom. The maximum absolute atomic E-state index is 12.9. The number of hydrogen-bond donors (Lipinski definition) is 2. The summed E-state index contributed by atoms with van der Waals surface area (Å²) in [6, 6.07) is 16.3. The van der Waals surface area contributed by atoms with Crippen molar-refractivity contribution >= 4 is 50.7 Å². The van der Waals surface area contributed by atoms with E-state index >= 15 is 0 Å². The average Bonchev–Trinajstić information content (AvgIpc) is 2.75. The third-order valence-electron chi connectivity index (χ3n) is 4.38. The van der Waals surface area contributed by atoms with Crippen LogP contribution in [-0.4, -0.2) is 19.6 Å². The van der Waals surface area contributed by atoms with Gasteiger partial charge < -0.3 is 5.32 Å². The Morgan fingerprint density at radius 1 is 0.970 bits per heavy atom. The van der Waals surface area contributed by atoms with Crippen LogP contribution in [0.25, 0.3) is 0 Å². The average molecular weight is 515 g/mol. The Kier molecular flexibility index (Phi) is 7.61. The molecular weight excluding hydrogens is 497 g/mol. The van der Waals surface area contributed by atoms with Gasteiger partial charge in [-0.25, -0.2) is 8.42 Å². The van der Waals surface area contributed by atoms with Crippen molar-refractivity contribution < 1.29 is 26.4 Å². The molecule has 0 aliphatic carbocycles. The van der Waals surface area contributed by atoms with E-state index in [0.29, 0.717) is 16.8 Å². The summed E-state index contributed by atoms with van der Waals surface area (Å²) in [5.74, 6) is -0.308. The third-order valence-corrected chi connectivity index (χ3v) is 7.40. The number of thioether (sulfide) groups is 1. The van der Waals surface area contributed by atoms with Crippen molar-refractivity contribution in [3.63, 3.8) is 0 Å². The molecule has 174 valence electrons. The largest absolute Gasteiger partial charge is 0.416 e. The van der Waals surface area contributed by atoms with Gasteiger partial charge in [0.2, 0.25) is 5.91 Å². The molecule has 0 saturated heterocycles. The number of halogens is 4. The van der Waals surface area contributed by atoms with Gasteiger partial charge >= 0.3 is 6.18 Å². The van der Waals surface area contributed by atoms with Crippen LogP contribution < -0.4 is 10.0 Å². The number of rotatable bonds is 7. The molecule has 0 aliphatic rings. The van der Waals surface area contributed by atoms with Gasteiger partial charge in [0.15, 0.2) is 0 Å². The van der Waals surface area contributed by atoms with Gasteiger partial charge in [0.1, 0.15) is 0 Å². The van der Waals surface area contributed by atoms with Crippen LogP contribution in [0.2, 0.25) is 5.02 Å². The zero-order valence-electron chi connectivity index (χ0n) is 17.1. The molecule has 0 bridgehead atoms. The van der Waals surface area contributed by atoms with E-state index in [1.54, 1.807) is 25.1 Å². The molecule has 3 rings (SSSR count). The number of carbonyl (C=O) groups is 1. The molecule has 0 fully saturated rings. The number of amides is 1. The summed E-state index contributed by atoms with van der Waals surface area (Å²) >= 11 is 7.39. The lowest BCUT2D eigenvalue weighted by Gasteiger charge is -2.14. The van der Waals surface area contributed by atoms with Gasteiger partial charge in [-0.05, 0) is 61.5 Å². The highest BCUT2D eigenvalue weighted by Crippen LogP contribution is 2.32. The topological polar surface area (TPSA) is 75.3 Å². The van der Waals surface area contributed by atoms with E-state index in [1.165, 1.54) is 42.1 Å². The minimum Gasteiger partial charge on any atom is -0.325 e. The molecule has 0 unspecified atom stereocenters. The van der Waals surface area contributed by atoms with Crippen LogP contribution in [0.1, 0.15) is 12.5 Å². The van der Waals surface area contributed by atoms with Crippen LogP contribution in [0.15, 0.2) is 82.6 Å². The summed E-state index contributed by atoms with van der Waals surface area (Å²) in [7, 11) is -4.13. The van der Waals surface area contributed by atoms with Crippen LogP contribution in [-0.2, 0) is 21.0 Å². The molecule has 2 N–H and O–H groups in total. The second-order valence-corrected chi connectivity index (χ2v) is 10.4. The fourth-order valence-corrected chi connectivity index (χ4v) is 4.92. The molecule has 0 heterocycles. The highest BCUT2D eigenvalue weighted by molar-refractivity contribution is 8.00. The Bertz CT molecular complexity index is 1250. The van der Waals surface area contributed by atoms with Gasteiger partial charge in [0, 0.05) is 16.3 Å². The molecule has 33 heavy (non-hydrogen) atoms. The zero-order valence-corrected chi connectivity index (χ0v) is 19.4. The molecule has 0 saturated carbocycles. The highest BCUT2D eigenvalue weighted by atomic mass is 35.5. The summed E-state index contributed by atoms with van der Waals surface area (Å²) in [5.41, 5.74) is -0.818. The zero-order chi connectivity index (χ0) is 24.2. The normalized spacial score (nSPS) is 12.8. The number of sulfonamides is 1. The number of nitrogens with one attached hydrogen (secondary N) is 2. The number of alkyl halides is 3. The van der Waals surface area contributed by atoms with Crippen molar-refractivity contribution in [2.75, 3.05) is 10.0 Å². The monoisotopic (exact) mass is 514 g/mol. The summed E-state index contributed by atoms with van der Waals surface area (Å²) in [6.07, 6.45) is -4.59. The fourth-order valence-electron chi connectivity index (χ4n) is 2.72. The number of benzene rings is 3. The van der Waals surface area contributed by atoms with E-state index in [2.05, 4.69) is 10.0 Å². The molecule has 3 aromatic rings. The van der Waals surface area contributed by atoms with Crippen LogP contribution in [0, 0.1) is 0 Å². The van der Waals surface area contributed by atoms with E-state index in [1.807, 2.05) is 6.07 Å². The Balaban J connectivity index is 1.66. The quantitative estimate of drug-likeness (QED) is 0.364. The summed E-state index contributed by atoms with van der Waals surface area (Å²) < 4.78 is 65.8. The van der Waals surface area contributed by atoms with Crippen molar-refractivity contribution in [1.82, 2.24) is 0 Å². The van der Waals surface area contributed by atoms with E-state index < -0.39 is 27.0 Å². The Morgan fingerprint density at radius 3 is 2.27 bits per heavy atom.